The Balaban J connectivity index is 2.06. The summed E-state index contributed by atoms with van der Waals surface area (Å²) in [6.45, 7) is 5.97. The van der Waals surface area contributed by atoms with Crippen molar-refractivity contribution in [1.29, 1.82) is 0 Å². The van der Waals surface area contributed by atoms with Gasteiger partial charge < -0.3 is 4.74 Å². The number of nitrogens with zero attached hydrogens (tertiary/aromatic N) is 1. The Kier molecular flexibility index (Phi) is 5.26. The summed E-state index contributed by atoms with van der Waals surface area (Å²) in [4.78, 5) is 14.5. The summed E-state index contributed by atoms with van der Waals surface area (Å²) in [6.07, 6.45) is 1.13. The fraction of sp³-hybridized carbons (Fsp3) is 0.615. The van der Waals surface area contributed by atoms with Gasteiger partial charge >= 0.3 is 0 Å². The number of carbonyl (C=O) groups excluding carboxylic acids is 1. The lowest BCUT2D eigenvalue weighted by Gasteiger charge is -2.37. The smallest absolute Gasteiger partial charge is 0.179 e. The fourth-order valence-corrected chi connectivity index (χ4v) is 3.78. The number of hydrogen-bond acceptors (Lipinski definition) is 4. The van der Waals surface area contributed by atoms with Crippen LogP contribution in [-0.4, -0.2) is 42.5 Å². The number of morpholine rings is 1. The normalized spacial score (nSPS) is 24.6. The van der Waals surface area contributed by atoms with Gasteiger partial charge in [0.1, 0.15) is 4.34 Å². The van der Waals surface area contributed by atoms with Gasteiger partial charge in [-0.15, -0.1) is 11.3 Å². The number of ketones is 1. The van der Waals surface area contributed by atoms with Crippen LogP contribution < -0.4 is 0 Å². The Morgan fingerprint density at radius 3 is 2.89 bits per heavy atom. The van der Waals surface area contributed by atoms with Gasteiger partial charge in [-0.25, -0.2) is 0 Å². The molecule has 3 nitrogen and oxygen atoms in total. The molecular formula is C13H17Cl2NO2S. The highest BCUT2D eigenvalue weighted by atomic mass is 35.5. The van der Waals surface area contributed by atoms with Crippen molar-refractivity contribution in [1.82, 2.24) is 4.90 Å². The maximum absolute atomic E-state index is 12.3. The monoisotopic (exact) mass is 321 g/mol. The van der Waals surface area contributed by atoms with Gasteiger partial charge in [-0.05, 0) is 19.4 Å². The Morgan fingerprint density at radius 1 is 1.58 bits per heavy atom. The van der Waals surface area contributed by atoms with E-state index in [1.165, 1.54) is 11.3 Å². The summed E-state index contributed by atoms with van der Waals surface area (Å²) < 4.78 is 6.66. The van der Waals surface area contributed by atoms with Crippen molar-refractivity contribution >= 4 is 40.3 Å². The average molecular weight is 322 g/mol. The third-order valence-corrected chi connectivity index (χ3v) is 4.84. The summed E-state index contributed by atoms with van der Waals surface area (Å²) in [5.41, 5.74) is 0.533. The quantitative estimate of drug-likeness (QED) is 0.791. The van der Waals surface area contributed by atoms with Crippen molar-refractivity contribution in [3.63, 3.8) is 0 Å². The molecule has 0 amide bonds. The van der Waals surface area contributed by atoms with Crippen LogP contribution in [0.4, 0.5) is 0 Å². The highest BCUT2D eigenvalue weighted by molar-refractivity contribution is 7.20. The zero-order chi connectivity index (χ0) is 14.0. The SMILES string of the molecule is CCC1COC(C)CN1CC(=O)c1cc(Cl)sc1Cl. The summed E-state index contributed by atoms with van der Waals surface area (Å²) >= 11 is 13.1. The highest BCUT2D eigenvalue weighted by Crippen LogP contribution is 2.31. The second-order valence-corrected chi connectivity index (χ2v) is 7.08. The predicted molar refractivity (Wildman–Crippen MR) is 79.7 cm³/mol. The van der Waals surface area contributed by atoms with Gasteiger partial charge in [0.05, 0.1) is 29.2 Å². The Morgan fingerprint density at radius 2 is 2.32 bits per heavy atom. The lowest BCUT2D eigenvalue weighted by atomic mass is 10.1. The Hall–Kier alpha value is -0.130. The number of thiophene rings is 1. The number of carbonyl (C=O) groups is 1. The molecule has 0 aliphatic carbocycles. The maximum Gasteiger partial charge on any atom is 0.179 e. The average Bonchev–Trinajstić information content (AvgIpc) is 2.69. The molecule has 2 atom stereocenters. The van der Waals surface area contributed by atoms with E-state index < -0.39 is 0 Å². The van der Waals surface area contributed by atoms with Crippen molar-refractivity contribution in [2.45, 2.75) is 32.4 Å². The van der Waals surface area contributed by atoms with Gasteiger partial charge in [0, 0.05) is 12.6 Å². The third kappa shape index (κ3) is 3.70. The van der Waals surface area contributed by atoms with Crippen LogP contribution in [0.5, 0.6) is 0 Å². The molecule has 1 saturated heterocycles. The van der Waals surface area contributed by atoms with Crippen molar-refractivity contribution < 1.29 is 9.53 Å². The lowest BCUT2D eigenvalue weighted by molar-refractivity contribution is -0.0523. The first-order chi connectivity index (χ1) is 9.01. The second kappa shape index (κ2) is 6.55. The number of ether oxygens (including phenoxy) is 1. The molecule has 106 valence electrons. The number of Topliss-reactive ketones (excluding diaryl/α,β-unsaturated/α-hetero) is 1. The van der Waals surface area contributed by atoms with Crippen LogP contribution >= 0.6 is 34.5 Å². The van der Waals surface area contributed by atoms with E-state index in [2.05, 4.69) is 11.8 Å². The van der Waals surface area contributed by atoms with Crippen molar-refractivity contribution in [3.8, 4) is 0 Å². The highest BCUT2D eigenvalue weighted by Gasteiger charge is 2.28. The summed E-state index contributed by atoms with van der Waals surface area (Å²) in [6, 6.07) is 1.95. The predicted octanol–water partition coefficient (Wildman–Crippen LogP) is 3.74. The van der Waals surface area contributed by atoms with Crippen molar-refractivity contribution in [3.05, 3.63) is 20.3 Å². The number of rotatable bonds is 4. The molecule has 1 aromatic heterocycles. The zero-order valence-electron chi connectivity index (χ0n) is 11.0. The van der Waals surface area contributed by atoms with Gasteiger partial charge in [-0.1, -0.05) is 30.1 Å². The van der Waals surface area contributed by atoms with Crippen LogP contribution in [0.1, 0.15) is 30.6 Å². The van der Waals surface area contributed by atoms with E-state index in [0.717, 1.165) is 13.0 Å². The molecule has 0 bridgehead atoms. The molecule has 2 heterocycles. The minimum Gasteiger partial charge on any atom is -0.376 e. The van der Waals surface area contributed by atoms with E-state index in [4.69, 9.17) is 27.9 Å². The zero-order valence-corrected chi connectivity index (χ0v) is 13.3. The molecule has 1 aromatic rings. The van der Waals surface area contributed by atoms with E-state index in [-0.39, 0.29) is 11.9 Å². The van der Waals surface area contributed by atoms with Crippen molar-refractivity contribution in [2.24, 2.45) is 0 Å². The van der Waals surface area contributed by atoms with Gasteiger partial charge in [0.15, 0.2) is 5.78 Å². The topological polar surface area (TPSA) is 29.5 Å². The molecule has 0 radical (unpaired) electrons. The van der Waals surface area contributed by atoms with Crippen LogP contribution in [0.25, 0.3) is 0 Å². The van der Waals surface area contributed by atoms with Gasteiger partial charge in [-0.3, -0.25) is 9.69 Å². The first-order valence-electron chi connectivity index (χ1n) is 6.35. The molecule has 1 aliphatic heterocycles. The minimum atomic E-state index is 0.0284. The molecule has 0 N–H and O–H groups in total. The van der Waals surface area contributed by atoms with E-state index in [9.17, 15) is 4.79 Å². The first kappa shape index (κ1) is 15.3. The molecule has 1 fully saturated rings. The van der Waals surface area contributed by atoms with Crippen LogP contribution in [0.15, 0.2) is 6.07 Å². The van der Waals surface area contributed by atoms with E-state index in [1.54, 1.807) is 6.07 Å². The summed E-state index contributed by atoms with van der Waals surface area (Å²) in [5, 5.41) is 0. The molecular weight excluding hydrogens is 305 g/mol. The summed E-state index contributed by atoms with van der Waals surface area (Å²) in [5.74, 6) is 0.0284. The third-order valence-electron chi connectivity index (χ3n) is 3.36. The van der Waals surface area contributed by atoms with Crippen LogP contribution in [0.2, 0.25) is 8.67 Å². The van der Waals surface area contributed by atoms with Crippen LogP contribution in [-0.2, 0) is 4.74 Å². The molecule has 2 rings (SSSR count). The first-order valence-corrected chi connectivity index (χ1v) is 7.92. The largest absolute Gasteiger partial charge is 0.376 e. The molecule has 0 aromatic carbocycles. The summed E-state index contributed by atoms with van der Waals surface area (Å²) in [7, 11) is 0. The van der Waals surface area contributed by atoms with Crippen LogP contribution in [0.3, 0.4) is 0 Å². The fourth-order valence-electron chi connectivity index (χ4n) is 2.28. The molecule has 6 heteroatoms. The standard InChI is InChI=1S/C13H17Cl2NO2S/c1-3-9-7-18-8(2)5-16(9)6-11(17)10-4-12(14)19-13(10)15/h4,8-9H,3,5-7H2,1-2H3. The van der Waals surface area contributed by atoms with Gasteiger partial charge in [0.2, 0.25) is 0 Å². The Bertz CT molecular complexity index is 463. The van der Waals surface area contributed by atoms with Crippen molar-refractivity contribution in [2.75, 3.05) is 19.7 Å². The second-order valence-electron chi connectivity index (χ2n) is 4.80. The molecule has 1 aliphatic rings. The lowest BCUT2D eigenvalue weighted by Crippen LogP contribution is -2.50. The van der Waals surface area contributed by atoms with E-state index in [0.29, 0.717) is 33.4 Å². The molecule has 19 heavy (non-hydrogen) atoms. The number of halogens is 2. The Labute approximate surface area is 127 Å². The number of hydrogen-bond donors (Lipinski definition) is 0. The maximum atomic E-state index is 12.3. The van der Waals surface area contributed by atoms with Gasteiger partial charge in [-0.2, -0.15) is 0 Å². The molecule has 0 spiro atoms. The molecule has 2 unspecified atom stereocenters. The minimum absolute atomic E-state index is 0.0284. The molecule has 0 saturated carbocycles. The van der Waals surface area contributed by atoms with Crippen LogP contribution in [0, 0.1) is 0 Å². The van der Waals surface area contributed by atoms with E-state index >= 15 is 0 Å². The van der Waals surface area contributed by atoms with E-state index in [1.807, 2.05) is 6.92 Å². The van der Waals surface area contributed by atoms with Gasteiger partial charge in [0.25, 0.3) is 0 Å².